The summed E-state index contributed by atoms with van der Waals surface area (Å²) < 4.78 is 0. The summed E-state index contributed by atoms with van der Waals surface area (Å²) in [6, 6.07) is 21.7. The first kappa shape index (κ1) is 14.7. The van der Waals surface area contributed by atoms with Gasteiger partial charge < -0.3 is 5.32 Å². The van der Waals surface area contributed by atoms with Crippen molar-refractivity contribution in [3.8, 4) is 0 Å². The average molecular weight is 297 g/mol. The van der Waals surface area contributed by atoms with Gasteiger partial charge >= 0.3 is 0 Å². The molecule has 3 rings (SSSR count). The van der Waals surface area contributed by atoms with Gasteiger partial charge in [0.15, 0.2) is 0 Å². The Hall–Kier alpha value is -1.25. The highest BCUT2D eigenvalue weighted by Crippen LogP contribution is 2.37. The molecule has 1 fully saturated rings. The third-order valence-corrected chi connectivity index (χ3v) is 5.61. The summed E-state index contributed by atoms with van der Waals surface area (Å²) in [7, 11) is 0. The van der Waals surface area contributed by atoms with Crippen molar-refractivity contribution in [3.05, 3.63) is 71.8 Å². The zero-order chi connectivity index (χ0) is 14.5. The van der Waals surface area contributed by atoms with Crippen LogP contribution in [0, 0.1) is 0 Å². The molecule has 1 aliphatic heterocycles. The molecule has 1 unspecified atom stereocenters. The van der Waals surface area contributed by atoms with E-state index in [1.807, 2.05) is 0 Å². The van der Waals surface area contributed by atoms with Crippen LogP contribution in [0.5, 0.6) is 0 Å². The molecule has 0 radical (unpaired) electrons. The van der Waals surface area contributed by atoms with Crippen molar-refractivity contribution in [1.82, 2.24) is 5.32 Å². The molecule has 0 amide bonds. The van der Waals surface area contributed by atoms with E-state index in [2.05, 4.69) is 84.7 Å². The Balaban J connectivity index is 1.84. The topological polar surface area (TPSA) is 12.0 Å². The molecule has 0 aliphatic carbocycles. The van der Waals surface area contributed by atoms with Crippen molar-refractivity contribution in [2.24, 2.45) is 0 Å². The Morgan fingerprint density at radius 3 is 1.95 bits per heavy atom. The predicted molar refractivity (Wildman–Crippen MR) is 92.7 cm³/mol. The maximum Gasteiger partial charge on any atom is 0.0729 e. The van der Waals surface area contributed by atoms with Crippen LogP contribution in [0.4, 0.5) is 0 Å². The van der Waals surface area contributed by atoms with Crippen LogP contribution in [0.1, 0.15) is 24.5 Å². The first-order chi connectivity index (χ1) is 10.3. The minimum Gasteiger partial charge on any atom is -0.302 e. The van der Waals surface area contributed by atoms with Crippen LogP contribution in [0.25, 0.3) is 0 Å². The Kier molecular flexibility index (Phi) is 4.67. The second-order valence-electron chi connectivity index (χ2n) is 5.96. The highest BCUT2D eigenvalue weighted by Gasteiger charge is 2.35. The second-order valence-corrected chi connectivity index (χ2v) is 7.78. The van der Waals surface area contributed by atoms with Gasteiger partial charge in [-0.2, -0.15) is 0 Å². The lowest BCUT2D eigenvalue weighted by atomic mass is 9.97. The summed E-state index contributed by atoms with van der Waals surface area (Å²) in [6.45, 7) is 3.48. The molecule has 2 aromatic rings. The molecule has 2 heteroatoms. The molecule has 2 aromatic carbocycles. The molecule has 1 saturated heterocycles. The van der Waals surface area contributed by atoms with E-state index >= 15 is 0 Å². The lowest BCUT2D eigenvalue weighted by Gasteiger charge is -2.41. The maximum absolute atomic E-state index is 3.82. The minimum absolute atomic E-state index is 0.125. The van der Waals surface area contributed by atoms with Crippen LogP contribution >= 0.6 is 11.8 Å². The molecule has 0 bridgehead atoms. The second kappa shape index (κ2) is 6.67. The lowest BCUT2D eigenvalue weighted by Crippen LogP contribution is -2.51. The summed E-state index contributed by atoms with van der Waals surface area (Å²) in [5.74, 6) is 0. The van der Waals surface area contributed by atoms with Gasteiger partial charge in [0.1, 0.15) is 0 Å². The van der Waals surface area contributed by atoms with E-state index in [0.717, 1.165) is 24.6 Å². The smallest absolute Gasteiger partial charge is 0.0729 e. The van der Waals surface area contributed by atoms with E-state index in [1.165, 1.54) is 17.5 Å². The van der Waals surface area contributed by atoms with Crippen LogP contribution in [0.15, 0.2) is 60.7 Å². The van der Waals surface area contributed by atoms with Crippen LogP contribution in [-0.4, -0.2) is 16.7 Å². The van der Waals surface area contributed by atoms with Gasteiger partial charge in [-0.25, -0.2) is 0 Å². The van der Waals surface area contributed by atoms with Crippen LogP contribution < -0.4 is 5.32 Å². The largest absolute Gasteiger partial charge is 0.302 e. The normalized spacial score (nSPS) is 21.1. The SMILES string of the molecule is CC1CCNC(Cc2ccccc2)(Cc2ccccc2)S1. The summed E-state index contributed by atoms with van der Waals surface area (Å²) in [4.78, 5) is 0.125. The molecule has 0 saturated carbocycles. The van der Waals surface area contributed by atoms with Gasteiger partial charge in [-0.1, -0.05) is 67.6 Å². The van der Waals surface area contributed by atoms with Gasteiger partial charge in [-0.3, -0.25) is 0 Å². The summed E-state index contributed by atoms with van der Waals surface area (Å²) in [5, 5.41) is 4.54. The van der Waals surface area contributed by atoms with E-state index in [9.17, 15) is 0 Å². The number of rotatable bonds is 4. The molecule has 0 aromatic heterocycles. The number of hydrogen-bond donors (Lipinski definition) is 1. The molecule has 1 N–H and O–H groups in total. The molecule has 1 aliphatic rings. The quantitative estimate of drug-likeness (QED) is 0.904. The van der Waals surface area contributed by atoms with E-state index in [-0.39, 0.29) is 4.87 Å². The van der Waals surface area contributed by atoms with Crippen molar-refractivity contribution in [3.63, 3.8) is 0 Å². The first-order valence-electron chi connectivity index (χ1n) is 7.76. The molecule has 1 atom stereocenters. The predicted octanol–water partition coefficient (Wildman–Crippen LogP) is 4.28. The van der Waals surface area contributed by atoms with Crippen LogP contribution in [-0.2, 0) is 12.8 Å². The number of thioether (sulfide) groups is 1. The highest BCUT2D eigenvalue weighted by molar-refractivity contribution is 8.01. The Morgan fingerprint density at radius 2 is 1.48 bits per heavy atom. The Bertz CT molecular complexity index is 511. The van der Waals surface area contributed by atoms with Gasteiger partial charge in [0.2, 0.25) is 0 Å². The van der Waals surface area contributed by atoms with Crippen molar-refractivity contribution < 1.29 is 0 Å². The number of hydrogen-bond acceptors (Lipinski definition) is 2. The zero-order valence-corrected chi connectivity index (χ0v) is 13.4. The van der Waals surface area contributed by atoms with Crippen molar-refractivity contribution in [2.75, 3.05) is 6.54 Å². The summed E-state index contributed by atoms with van der Waals surface area (Å²) in [6.07, 6.45) is 3.42. The molecule has 21 heavy (non-hydrogen) atoms. The molecule has 1 nitrogen and oxygen atoms in total. The van der Waals surface area contributed by atoms with Crippen molar-refractivity contribution in [1.29, 1.82) is 0 Å². The molecule has 110 valence electrons. The zero-order valence-electron chi connectivity index (χ0n) is 12.6. The van der Waals surface area contributed by atoms with E-state index in [4.69, 9.17) is 0 Å². The summed E-state index contributed by atoms with van der Waals surface area (Å²) >= 11 is 2.11. The van der Waals surface area contributed by atoms with Gasteiger partial charge in [-0.05, 0) is 24.1 Å². The minimum atomic E-state index is 0.125. The van der Waals surface area contributed by atoms with E-state index in [1.54, 1.807) is 0 Å². The van der Waals surface area contributed by atoms with Crippen molar-refractivity contribution in [2.45, 2.75) is 36.3 Å². The Labute approximate surface area is 132 Å². The monoisotopic (exact) mass is 297 g/mol. The lowest BCUT2D eigenvalue weighted by molar-refractivity contribution is 0.432. The fourth-order valence-corrected chi connectivity index (χ4v) is 4.80. The molecule has 1 heterocycles. The van der Waals surface area contributed by atoms with Gasteiger partial charge in [-0.15, -0.1) is 11.8 Å². The van der Waals surface area contributed by atoms with Gasteiger partial charge in [0, 0.05) is 18.1 Å². The van der Waals surface area contributed by atoms with Crippen LogP contribution in [0.2, 0.25) is 0 Å². The van der Waals surface area contributed by atoms with Crippen LogP contribution in [0.3, 0.4) is 0 Å². The van der Waals surface area contributed by atoms with E-state index in [0.29, 0.717) is 0 Å². The van der Waals surface area contributed by atoms with Crippen molar-refractivity contribution >= 4 is 11.8 Å². The number of benzene rings is 2. The van der Waals surface area contributed by atoms with E-state index < -0.39 is 0 Å². The standard InChI is InChI=1S/C19H23NS/c1-16-12-13-20-19(21-16,14-17-8-4-2-5-9-17)15-18-10-6-3-7-11-18/h2-11,16,20H,12-15H2,1H3. The Morgan fingerprint density at radius 1 is 0.952 bits per heavy atom. The number of nitrogens with one attached hydrogen (secondary N) is 1. The molecular formula is C19H23NS. The van der Waals surface area contributed by atoms with Gasteiger partial charge in [0.25, 0.3) is 0 Å². The third kappa shape index (κ3) is 3.90. The molecular weight excluding hydrogens is 274 g/mol. The average Bonchev–Trinajstić information content (AvgIpc) is 2.49. The fourth-order valence-electron chi connectivity index (χ4n) is 3.11. The van der Waals surface area contributed by atoms with Gasteiger partial charge in [0.05, 0.1) is 4.87 Å². The summed E-state index contributed by atoms with van der Waals surface area (Å²) in [5.41, 5.74) is 2.84. The third-order valence-electron chi connectivity index (χ3n) is 4.09. The maximum atomic E-state index is 3.82. The molecule has 0 spiro atoms. The first-order valence-corrected chi connectivity index (χ1v) is 8.64. The highest BCUT2D eigenvalue weighted by atomic mass is 32.2. The fraction of sp³-hybridized carbons (Fsp3) is 0.368.